The standard InChI is InChI=1S/C21H15ClN2O4/c1-13-6-9-15(10-7-13)23-21(26)17-5-3-2-4-16(17)20(25)14-8-11-18(22)19(12-14)24(27)28/h2-12H,1H3,(H,23,26). The van der Waals surface area contributed by atoms with Crippen molar-refractivity contribution in [1.82, 2.24) is 0 Å². The van der Waals surface area contributed by atoms with Gasteiger partial charge >= 0.3 is 0 Å². The Bertz CT molecular complexity index is 1080. The van der Waals surface area contributed by atoms with Crippen LogP contribution >= 0.6 is 11.6 Å². The molecule has 0 saturated heterocycles. The van der Waals surface area contributed by atoms with Crippen molar-refractivity contribution in [3.63, 3.8) is 0 Å². The summed E-state index contributed by atoms with van der Waals surface area (Å²) in [5, 5.41) is 13.8. The Labute approximate surface area is 165 Å². The zero-order valence-corrected chi connectivity index (χ0v) is 15.6. The van der Waals surface area contributed by atoms with Gasteiger partial charge in [-0.2, -0.15) is 0 Å². The van der Waals surface area contributed by atoms with Gasteiger partial charge < -0.3 is 5.32 Å². The minimum absolute atomic E-state index is 0.0630. The van der Waals surface area contributed by atoms with E-state index in [2.05, 4.69) is 5.32 Å². The SMILES string of the molecule is Cc1ccc(NC(=O)c2ccccc2C(=O)c2ccc(Cl)c([N+](=O)[O-])c2)cc1. The number of carbonyl (C=O) groups excluding carboxylic acids is 2. The van der Waals surface area contributed by atoms with Crippen molar-refractivity contribution in [3.05, 3.63) is 104 Å². The van der Waals surface area contributed by atoms with E-state index in [0.29, 0.717) is 5.69 Å². The van der Waals surface area contributed by atoms with E-state index in [1.807, 2.05) is 19.1 Å². The Kier molecular flexibility index (Phi) is 5.52. The molecule has 0 aliphatic heterocycles. The van der Waals surface area contributed by atoms with E-state index in [1.165, 1.54) is 24.3 Å². The minimum atomic E-state index is -0.658. The molecule has 28 heavy (non-hydrogen) atoms. The summed E-state index contributed by atoms with van der Waals surface area (Å²) in [5.74, 6) is -0.953. The Morgan fingerprint density at radius 3 is 2.25 bits per heavy atom. The molecule has 7 heteroatoms. The molecule has 0 radical (unpaired) electrons. The van der Waals surface area contributed by atoms with Gasteiger partial charge in [-0.05, 0) is 37.3 Å². The lowest BCUT2D eigenvalue weighted by atomic mass is 9.97. The number of halogens is 1. The van der Waals surface area contributed by atoms with Crippen molar-refractivity contribution in [2.45, 2.75) is 6.92 Å². The van der Waals surface area contributed by atoms with Crippen LogP contribution in [0.3, 0.4) is 0 Å². The van der Waals surface area contributed by atoms with E-state index >= 15 is 0 Å². The van der Waals surface area contributed by atoms with Crippen LogP contribution in [0, 0.1) is 17.0 Å². The van der Waals surface area contributed by atoms with E-state index in [0.717, 1.165) is 11.6 Å². The summed E-state index contributed by atoms with van der Waals surface area (Å²) in [6.45, 7) is 1.94. The number of nitro groups is 1. The number of hydrogen-bond donors (Lipinski definition) is 1. The number of aryl methyl sites for hydroxylation is 1. The van der Waals surface area contributed by atoms with Gasteiger partial charge in [-0.15, -0.1) is 0 Å². The van der Waals surface area contributed by atoms with Crippen molar-refractivity contribution in [2.24, 2.45) is 0 Å². The smallest absolute Gasteiger partial charge is 0.288 e. The molecule has 0 atom stereocenters. The Hall–Kier alpha value is -3.51. The summed E-state index contributed by atoms with van der Waals surface area (Å²) in [7, 11) is 0. The lowest BCUT2D eigenvalue weighted by molar-refractivity contribution is -0.384. The maximum absolute atomic E-state index is 12.9. The molecule has 0 saturated carbocycles. The largest absolute Gasteiger partial charge is 0.322 e. The number of rotatable bonds is 5. The predicted octanol–water partition coefficient (Wildman–Crippen LogP) is 5.04. The van der Waals surface area contributed by atoms with Crippen LogP contribution < -0.4 is 5.32 Å². The zero-order valence-electron chi connectivity index (χ0n) is 14.8. The molecule has 1 amide bonds. The van der Waals surface area contributed by atoms with Gasteiger partial charge in [-0.3, -0.25) is 19.7 Å². The molecule has 0 heterocycles. The molecule has 3 rings (SSSR count). The summed E-state index contributed by atoms with van der Waals surface area (Å²) in [5.41, 5.74) is 1.67. The molecule has 0 aliphatic carbocycles. The molecule has 3 aromatic carbocycles. The van der Waals surface area contributed by atoms with Crippen LogP contribution in [0.5, 0.6) is 0 Å². The van der Waals surface area contributed by atoms with Gasteiger partial charge in [-0.25, -0.2) is 0 Å². The molecule has 0 aromatic heterocycles. The molecule has 0 aliphatic rings. The van der Waals surface area contributed by atoms with Crippen molar-refractivity contribution < 1.29 is 14.5 Å². The third-order valence-corrected chi connectivity index (χ3v) is 4.45. The number of ketones is 1. The van der Waals surface area contributed by atoms with Crippen LogP contribution in [0.1, 0.15) is 31.8 Å². The maximum Gasteiger partial charge on any atom is 0.288 e. The number of nitro benzene ring substituents is 1. The van der Waals surface area contributed by atoms with Crippen LogP contribution in [0.25, 0.3) is 0 Å². The fraction of sp³-hybridized carbons (Fsp3) is 0.0476. The topological polar surface area (TPSA) is 89.3 Å². The number of nitrogens with zero attached hydrogens (tertiary/aromatic N) is 1. The molecule has 0 unspecified atom stereocenters. The van der Waals surface area contributed by atoms with Crippen LogP contribution in [0.4, 0.5) is 11.4 Å². The second kappa shape index (κ2) is 8.02. The summed E-state index contributed by atoms with van der Waals surface area (Å²) in [6, 6.07) is 17.4. The lowest BCUT2D eigenvalue weighted by Crippen LogP contribution is -2.17. The number of benzene rings is 3. The van der Waals surface area contributed by atoms with Gasteiger partial charge in [0, 0.05) is 22.9 Å². The highest BCUT2D eigenvalue weighted by Gasteiger charge is 2.21. The van der Waals surface area contributed by atoms with E-state index in [9.17, 15) is 19.7 Å². The number of nitrogens with one attached hydrogen (secondary N) is 1. The summed E-state index contributed by atoms with van der Waals surface area (Å²) < 4.78 is 0. The van der Waals surface area contributed by atoms with E-state index in [1.54, 1.807) is 24.3 Å². The third kappa shape index (κ3) is 4.07. The Balaban J connectivity index is 1.94. The van der Waals surface area contributed by atoms with Crippen LogP contribution in [0.15, 0.2) is 66.7 Å². The molecular weight excluding hydrogens is 380 g/mol. The van der Waals surface area contributed by atoms with Gasteiger partial charge in [0.15, 0.2) is 5.78 Å². The van der Waals surface area contributed by atoms with Gasteiger partial charge in [-0.1, -0.05) is 47.5 Å². The molecule has 0 fully saturated rings. The third-order valence-electron chi connectivity index (χ3n) is 4.13. The second-order valence-electron chi connectivity index (χ2n) is 6.12. The zero-order chi connectivity index (χ0) is 20.3. The van der Waals surface area contributed by atoms with Crippen LogP contribution in [-0.4, -0.2) is 16.6 Å². The highest BCUT2D eigenvalue weighted by atomic mass is 35.5. The number of amides is 1. The highest BCUT2D eigenvalue weighted by Crippen LogP contribution is 2.27. The fourth-order valence-electron chi connectivity index (χ4n) is 2.66. The van der Waals surface area contributed by atoms with Crippen molar-refractivity contribution in [2.75, 3.05) is 5.32 Å². The highest BCUT2D eigenvalue weighted by molar-refractivity contribution is 6.33. The molecule has 6 nitrogen and oxygen atoms in total. The van der Waals surface area contributed by atoms with Crippen molar-refractivity contribution in [1.29, 1.82) is 0 Å². The van der Waals surface area contributed by atoms with Crippen molar-refractivity contribution >= 4 is 34.7 Å². The van der Waals surface area contributed by atoms with E-state index < -0.39 is 16.6 Å². The first-order valence-corrected chi connectivity index (χ1v) is 8.70. The summed E-state index contributed by atoms with van der Waals surface area (Å²) in [6.07, 6.45) is 0. The Morgan fingerprint density at radius 2 is 1.61 bits per heavy atom. The Morgan fingerprint density at radius 1 is 0.964 bits per heavy atom. The molecule has 140 valence electrons. The second-order valence-corrected chi connectivity index (χ2v) is 6.53. The number of hydrogen-bond acceptors (Lipinski definition) is 4. The average Bonchev–Trinajstić information content (AvgIpc) is 2.69. The van der Waals surface area contributed by atoms with Crippen LogP contribution in [0.2, 0.25) is 5.02 Å². The van der Waals surface area contributed by atoms with E-state index in [4.69, 9.17) is 11.6 Å². The summed E-state index contributed by atoms with van der Waals surface area (Å²) >= 11 is 5.81. The quantitative estimate of drug-likeness (QED) is 0.373. The molecule has 0 bridgehead atoms. The first-order valence-electron chi connectivity index (χ1n) is 8.32. The predicted molar refractivity (Wildman–Crippen MR) is 107 cm³/mol. The van der Waals surface area contributed by atoms with Gasteiger partial charge in [0.1, 0.15) is 5.02 Å². The fourth-order valence-corrected chi connectivity index (χ4v) is 2.85. The number of carbonyl (C=O) groups is 2. The molecular formula is C21H15ClN2O4. The van der Waals surface area contributed by atoms with E-state index in [-0.39, 0.29) is 27.4 Å². The first-order chi connectivity index (χ1) is 13.4. The first kappa shape index (κ1) is 19.3. The molecule has 3 aromatic rings. The number of anilines is 1. The van der Waals surface area contributed by atoms with Crippen LogP contribution in [-0.2, 0) is 0 Å². The normalized spacial score (nSPS) is 10.4. The summed E-state index contributed by atoms with van der Waals surface area (Å²) in [4.78, 5) is 36.0. The van der Waals surface area contributed by atoms with Gasteiger partial charge in [0.25, 0.3) is 11.6 Å². The maximum atomic E-state index is 12.9. The minimum Gasteiger partial charge on any atom is -0.322 e. The molecule has 1 N–H and O–H groups in total. The van der Waals surface area contributed by atoms with Crippen molar-refractivity contribution in [3.8, 4) is 0 Å². The van der Waals surface area contributed by atoms with Gasteiger partial charge in [0.2, 0.25) is 0 Å². The average molecular weight is 395 g/mol. The van der Waals surface area contributed by atoms with Gasteiger partial charge in [0.05, 0.1) is 10.5 Å². The monoisotopic (exact) mass is 394 g/mol. The molecule has 0 spiro atoms. The lowest BCUT2D eigenvalue weighted by Gasteiger charge is -2.10.